The van der Waals surface area contributed by atoms with E-state index in [4.69, 9.17) is 0 Å². The van der Waals surface area contributed by atoms with E-state index in [-0.39, 0.29) is 11.1 Å². The molecule has 1 aromatic rings. The van der Waals surface area contributed by atoms with Crippen LogP contribution in [0.2, 0.25) is 0 Å². The third-order valence-corrected chi connectivity index (χ3v) is 8.68. The summed E-state index contributed by atoms with van der Waals surface area (Å²) < 4.78 is 0. The number of rotatable bonds is 19. The predicted octanol–water partition coefficient (Wildman–Crippen LogP) is 10.2. The van der Waals surface area contributed by atoms with Gasteiger partial charge in [0.25, 0.3) is 5.78 Å². The topological polar surface area (TPSA) is 63.4 Å². The molecule has 0 radical (unpaired) electrons. The van der Waals surface area contributed by atoms with Crippen LogP contribution in [0.3, 0.4) is 0 Å². The van der Waals surface area contributed by atoms with E-state index in [1.54, 1.807) is 18.2 Å². The Morgan fingerprint density at radius 1 is 0.805 bits per heavy atom. The minimum absolute atomic E-state index is 0.216. The van der Waals surface area contributed by atoms with Crippen LogP contribution in [0.25, 0.3) is 0 Å². The van der Waals surface area contributed by atoms with Gasteiger partial charge < -0.3 is 4.90 Å². The van der Waals surface area contributed by atoms with E-state index in [2.05, 4.69) is 49.9 Å². The van der Waals surface area contributed by atoms with Crippen LogP contribution >= 0.6 is 0 Å². The highest BCUT2D eigenvalue weighted by atomic mass is 16.6. The van der Waals surface area contributed by atoms with Crippen molar-refractivity contribution in [2.75, 3.05) is 11.4 Å². The molecule has 0 fully saturated rings. The van der Waals surface area contributed by atoms with Crippen molar-refractivity contribution in [2.24, 2.45) is 0 Å². The number of carbonyl (C=O) groups is 1. The summed E-state index contributed by atoms with van der Waals surface area (Å²) in [5.41, 5.74) is 3.38. The van der Waals surface area contributed by atoms with Crippen molar-refractivity contribution in [2.45, 2.75) is 129 Å². The maximum Gasteiger partial charge on any atom is 0.316 e. The molecule has 41 heavy (non-hydrogen) atoms. The molecule has 0 saturated heterocycles. The second-order valence-corrected chi connectivity index (χ2v) is 12.3. The number of anilines is 1. The molecule has 0 unspecified atom stereocenters. The van der Waals surface area contributed by atoms with E-state index in [0.29, 0.717) is 5.57 Å². The summed E-state index contributed by atoms with van der Waals surface area (Å²) in [6.07, 6.45) is 29.9. The molecule has 0 aromatic heterocycles. The van der Waals surface area contributed by atoms with Crippen LogP contribution in [-0.4, -0.2) is 17.3 Å². The van der Waals surface area contributed by atoms with Gasteiger partial charge in [0.05, 0.1) is 4.92 Å². The zero-order valence-electron chi connectivity index (χ0n) is 25.8. The second kappa shape index (κ2) is 17.1. The molecule has 0 bridgehead atoms. The highest BCUT2D eigenvalue weighted by Crippen LogP contribution is 2.47. The lowest BCUT2D eigenvalue weighted by Crippen LogP contribution is -2.27. The van der Waals surface area contributed by atoms with Crippen molar-refractivity contribution in [1.29, 1.82) is 0 Å². The molecule has 3 rings (SSSR count). The van der Waals surface area contributed by atoms with Crippen LogP contribution in [0, 0.1) is 10.1 Å². The van der Waals surface area contributed by atoms with Crippen molar-refractivity contribution in [3.05, 3.63) is 87.3 Å². The second-order valence-electron chi connectivity index (χ2n) is 12.3. The lowest BCUT2D eigenvalue weighted by atomic mass is 9.83. The van der Waals surface area contributed by atoms with Crippen LogP contribution in [0.15, 0.2) is 71.6 Å². The summed E-state index contributed by atoms with van der Waals surface area (Å²) in [7, 11) is 0. The summed E-state index contributed by atoms with van der Waals surface area (Å²) in [5, 5.41) is 11.2. The number of fused-ring (bicyclic) bond motifs is 1. The molecule has 1 aliphatic heterocycles. The summed E-state index contributed by atoms with van der Waals surface area (Å²) >= 11 is 0. The Kier molecular flexibility index (Phi) is 13.6. The standard InChI is InChI=1S/C36H52N2O3/c1-4-5-6-7-8-9-10-11-12-13-14-15-16-17-18-21-29-37-32-25-20-19-24-31(32)36(2,3)34(37)28-27-30-23-22-26-33(35(30)39)38(40)41/h19-20,22-28H,4-18,21,29H2,1-3H3/b30-27+,34-28+. The third kappa shape index (κ3) is 9.55. The van der Waals surface area contributed by atoms with Gasteiger partial charge in [-0.3, -0.25) is 14.9 Å². The van der Waals surface area contributed by atoms with Crippen molar-refractivity contribution < 1.29 is 9.72 Å². The number of Topliss-reactive ketones (excluding diaryl/α,β-unsaturated/α-hetero) is 1. The van der Waals surface area contributed by atoms with E-state index in [1.807, 2.05) is 6.08 Å². The fourth-order valence-electron chi connectivity index (χ4n) is 6.19. The number of benzene rings is 1. The van der Waals surface area contributed by atoms with Crippen LogP contribution in [-0.2, 0) is 10.2 Å². The molecule has 1 aliphatic carbocycles. The average molecular weight is 561 g/mol. The number of nitrogens with zero attached hydrogens (tertiary/aromatic N) is 2. The minimum atomic E-state index is -0.605. The van der Waals surface area contributed by atoms with Gasteiger partial charge in [-0.25, -0.2) is 0 Å². The first-order chi connectivity index (χ1) is 19.9. The molecule has 224 valence electrons. The SMILES string of the molecule is CCCCCCCCCCCCCCCCCCN1/C(=C/C=C2\C=CC=C([N+](=O)[O-])C2=O)C(C)(C)c2ccccc21. The highest BCUT2D eigenvalue weighted by Gasteiger charge is 2.39. The molecule has 5 heteroatoms. The third-order valence-electron chi connectivity index (χ3n) is 8.68. The first-order valence-electron chi connectivity index (χ1n) is 16.2. The van der Waals surface area contributed by atoms with Gasteiger partial charge in [0.1, 0.15) is 0 Å². The van der Waals surface area contributed by atoms with Crippen LogP contribution in [0.5, 0.6) is 0 Å². The minimum Gasteiger partial charge on any atom is -0.344 e. The number of allylic oxidation sites excluding steroid dienone is 7. The molecule has 0 N–H and O–H groups in total. The maximum atomic E-state index is 12.6. The van der Waals surface area contributed by atoms with Crippen molar-refractivity contribution in [3.8, 4) is 0 Å². The van der Waals surface area contributed by atoms with Gasteiger partial charge in [-0.05, 0) is 30.2 Å². The lowest BCUT2D eigenvalue weighted by molar-refractivity contribution is -0.418. The van der Waals surface area contributed by atoms with Crippen LogP contribution in [0.4, 0.5) is 5.69 Å². The molecular weight excluding hydrogens is 508 g/mol. The number of nitro groups is 1. The van der Waals surface area contributed by atoms with Gasteiger partial charge in [0.2, 0.25) is 0 Å². The zero-order chi connectivity index (χ0) is 29.5. The summed E-state index contributed by atoms with van der Waals surface area (Å²) in [6, 6.07) is 8.52. The predicted molar refractivity (Wildman–Crippen MR) is 172 cm³/mol. The maximum absolute atomic E-state index is 12.6. The van der Waals surface area contributed by atoms with Gasteiger partial charge in [0, 0.05) is 35.0 Å². The normalized spacial score (nSPS) is 17.9. The largest absolute Gasteiger partial charge is 0.344 e. The Labute approximate surface area is 248 Å². The van der Waals surface area contributed by atoms with Crippen LogP contribution < -0.4 is 4.90 Å². The monoisotopic (exact) mass is 560 g/mol. The first kappa shape index (κ1) is 32.6. The molecule has 1 heterocycles. The molecule has 2 aliphatic rings. The number of para-hydroxylation sites is 1. The quantitative estimate of drug-likeness (QED) is 0.0731. The average Bonchev–Trinajstić information content (AvgIpc) is 3.17. The fourth-order valence-corrected chi connectivity index (χ4v) is 6.19. The number of hydrogen-bond donors (Lipinski definition) is 0. The Morgan fingerprint density at radius 3 is 1.90 bits per heavy atom. The zero-order valence-corrected chi connectivity index (χ0v) is 25.8. The van der Waals surface area contributed by atoms with E-state index >= 15 is 0 Å². The Balaban J connectivity index is 1.42. The molecule has 0 spiro atoms. The van der Waals surface area contributed by atoms with Gasteiger partial charge >= 0.3 is 5.70 Å². The van der Waals surface area contributed by atoms with Crippen molar-refractivity contribution in [1.82, 2.24) is 0 Å². The number of carbonyl (C=O) groups excluding carboxylic acids is 1. The number of unbranched alkanes of at least 4 members (excludes halogenated alkanes) is 15. The molecule has 0 amide bonds. The van der Waals surface area contributed by atoms with Gasteiger partial charge in [-0.15, -0.1) is 0 Å². The van der Waals surface area contributed by atoms with Gasteiger partial charge in [-0.2, -0.15) is 0 Å². The molecular formula is C36H52N2O3. The summed E-state index contributed by atoms with van der Waals surface area (Å²) in [6.45, 7) is 7.63. The number of ketones is 1. The highest BCUT2D eigenvalue weighted by molar-refractivity contribution is 6.10. The van der Waals surface area contributed by atoms with Crippen molar-refractivity contribution in [3.63, 3.8) is 0 Å². The molecule has 1 aromatic carbocycles. The van der Waals surface area contributed by atoms with Crippen molar-refractivity contribution >= 4 is 11.5 Å². The Hall–Kier alpha value is -2.95. The smallest absolute Gasteiger partial charge is 0.316 e. The van der Waals surface area contributed by atoms with E-state index < -0.39 is 10.7 Å². The van der Waals surface area contributed by atoms with E-state index in [9.17, 15) is 14.9 Å². The summed E-state index contributed by atoms with van der Waals surface area (Å²) in [4.78, 5) is 25.6. The molecule has 0 atom stereocenters. The van der Waals surface area contributed by atoms with E-state index in [0.717, 1.165) is 18.7 Å². The Bertz CT molecular complexity index is 1130. The van der Waals surface area contributed by atoms with Gasteiger partial charge in [0.15, 0.2) is 0 Å². The van der Waals surface area contributed by atoms with E-state index in [1.165, 1.54) is 114 Å². The van der Waals surface area contributed by atoms with Gasteiger partial charge in [-0.1, -0.05) is 147 Å². The Morgan fingerprint density at radius 2 is 1.34 bits per heavy atom. The van der Waals surface area contributed by atoms with Crippen LogP contribution in [0.1, 0.15) is 129 Å². The molecule has 5 nitrogen and oxygen atoms in total. The number of hydrogen-bond acceptors (Lipinski definition) is 4. The fraction of sp³-hybridized carbons (Fsp3) is 0.583. The molecule has 0 saturated carbocycles. The summed E-state index contributed by atoms with van der Waals surface area (Å²) in [5.74, 6) is -0.535. The first-order valence-corrected chi connectivity index (χ1v) is 16.2. The lowest BCUT2D eigenvalue weighted by Gasteiger charge is -2.27.